The number of ether oxygens (including phenoxy) is 2. The lowest BCUT2D eigenvalue weighted by molar-refractivity contribution is -0.123. The number of benzene rings is 1. The Labute approximate surface area is 169 Å². The number of hydrogen-bond acceptors (Lipinski definition) is 5. The standard InChI is InChI=1S/C22H35N3O3/c1-18(20-5-3-4-6-21(20)27-2)23-22(26)17-25-11-8-19(9-12-25)7-10-24-13-15-28-16-14-24/h3-6,18-19H,7-17H2,1-2H3,(H,23,26). The summed E-state index contributed by atoms with van der Waals surface area (Å²) in [6, 6.07) is 7.79. The van der Waals surface area contributed by atoms with E-state index in [-0.39, 0.29) is 11.9 Å². The molecule has 0 radical (unpaired) electrons. The molecule has 0 bridgehead atoms. The van der Waals surface area contributed by atoms with Gasteiger partial charge in [0.05, 0.1) is 32.9 Å². The number of nitrogens with one attached hydrogen (secondary N) is 1. The summed E-state index contributed by atoms with van der Waals surface area (Å²) in [6.07, 6.45) is 3.66. The molecule has 1 amide bonds. The Morgan fingerprint density at radius 3 is 2.61 bits per heavy atom. The molecule has 1 unspecified atom stereocenters. The summed E-state index contributed by atoms with van der Waals surface area (Å²) >= 11 is 0. The highest BCUT2D eigenvalue weighted by Crippen LogP contribution is 2.24. The van der Waals surface area contributed by atoms with Crippen molar-refractivity contribution in [2.75, 3.05) is 59.6 Å². The molecular formula is C22H35N3O3. The zero-order valence-electron chi connectivity index (χ0n) is 17.4. The number of piperidine rings is 1. The Morgan fingerprint density at radius 1 is 1.18 bits per heavy atom. The average molecular weight is 390 g/mol. The molecular weight excluding hydrogens is 354 g/mol. The second-order valence-corrected chi connectivity index (χ2v) is 7.99. The van der Waals surface area contributed by atoms with E-state index in [0.29, 0.717) is 6.54 Å². The van der Waals surface area contributed by atoms with Crippen LogP contribution in [0.15, 0.2) is 24.3 Å². The summed E-state index contributed by atoms with van der Waals surface area (Å²) in [6.45, 7) is 9.61. The van der Waals surface area contributed by atoms with Crippen LogP contribution in [-0.2, 0) is 9.53 Å². The minimum absolute atomic E-state index is 0.0605. The van der Waals surface area contributed by atoms with E-state index in [9.17, 15) is 4.79 Å². The Kier molecular flexibility index (Phi) is 8.13. The summed E-state index contributed by atoms with van der Waals surface area (Å²) in [4.78, 5) is 17.3. The molecule has 3 rings (SSSR count). The molecule has 2 aliphatic rings. The number of hydrogen-bond donors (Lipinski definition) is 1. The number of likely N-dealkylation sites (tertiary alicyclic amines) is 1. The van der Waals surface area contributed by atoms with E-state index in [1.165, 1.54) is 25.8 Å². The van der Waals surface area contributed by atoms with Gasteiger partial charge < -0.3 is 14.8 Å². The van der Waals surface area contributed by atoms with E-state index in [0.717, 1.165) is 56.6 Å². The number of morpholine rings is 1. The van der Waals surface area contributed by atoms with Crippen molar-refractivity contribution in [1.29, 1.82) is 0 Å². The highest BCUT2D eigenvalue weighted by atomic mass is 16.5. The lowest BCUT2D eigenvalue weighted by Gasteiger charge is -2.33. The van der Waals surface area contributed by atoms with Gasteiger partial charge in [0.15, 0.2) is 0 Å². The first-order chi connectivity index (χ1) is 13.7. The van der Waals surface area contributed by atoms with Crippen molar-refractivity contribution in [3.8, 4) is 5.75 Å². The highest BCUT2D eigenvalue weighted by Gasteiger charge is 2.23. The first-order valence-corrected chi connectivity index (χ1v) is 10.6. The second kappa shape index (κ2) is 10.8. The molecule has 2 aliphatic heterocycles. The maximum absolute atomic E-state index is 12.5. The molecule has 1 N–H and O–H groups in total. The van der Waals surface area contributed by atoms with Crippen molar-refractivity contribution in [2.24, 2.45) is 5.92 Å². The summed E-state index contributed by atoms with van der Waals surface area (Å²) in [7, 11) is 1.66. The molecule has 2 fully saturated rings. The van der Waals surface area contributed by atoms with Crippen molar-refractivity contribution in [3.63, 3.8) is 0 Å². The van der Waals surface area contributed by atoms with Gasteiger partial charge in [-0.1, -0.05) is 18.2 Å². The van der Waals surface area contributed by atoms with Crippen molar-refractivity contribution >= 4 is 5.91 Å². The van der Waals surface area contributed by atoms with Crippen LogP contribution in [0.5, 0.6) is 5.75 Å². The normalized spacial score (nSPS) is 20.6. The topological polar surface area (TPSA) is 54.0 Å². The first kappa shape index (κ1) is 21.1. The molecule has 2 saturated heterocycles. The first-order valence-electron chi connectivity index (χ1n) is 10.6. The molecule has 1 atom stereocenters. The van der Waals surface area contributed by atoms with Crippen molar-refractivity contribution in [2.45, 2.75) is 32.2 Å². The van der Waals surface area contributed by atoms with Crippen LogP contribution < -0.4 is 10.1 Å². The van der Waals surface area contributed by atoms with Crippen LogP contribution in [-0.4, -0.2) is 75.3 Å². The molecule has 0 spiro atoms. The molecule has 1 aromatic carbocycles. The average Bonchev–Trinajstić information content (AvgIpc) is 2.74. The number of amides is 1. The second-order valence-electron chi connectivity index (χ2n) is 7.99. The molecule has 1 aromatic rings. The van der Waals surface area contributed by atoms with Crippen LogP contribution in [0.3, 0.4) is 0 Å². The zero-order valence-corrected chi connectivity index (χ0v) is 17.4. The van der Waals surface area contributed by atoms with Gasteiger partial charge in [-0.2, -0.15) is 0 Å². The fraction of sp³-hybridized carbons (Fsp3) is 0.682. The van der Waals surface area contributed by atoms with E-state index in [1.807, 2.05) is 31.2 Å². The molecule has 156 valence electrons. The van der Waals surface area contributed by atoms with Crippen molar-refractivity contribution in [3.05, 3.63) is 29.8 Å². The minimum atomic E-state index is -0.0605. The number of para-hydroxylation sites is 1. The van der Waals surface area contributed by atoms with Gasteiger partial charge in [0.2, 0.25) is 5.91 Å². The van der Waals surface area contributed by atoms with Gasteiger partial charge in [0, 0.05) is 18.7 Å². The van der Waals surface area contributed by atoms with Gasteiger partial charge in [0.25, 0.3) is 0 Å². The van der Waals surface area contributed by atoms with Gasteiger partial charge in [-0.25, -0.2) is 0 Å². The number of rotatable bonds is 8. The Hall–Kier alpha value is -1.63. The van der Waals surface area contributed by atoms with E-state index >= 15 is 0 Å². The minimum Gasteiger partial charge on any atom is -0.496 e. The van der Waals surface area contributed by atoms with E-state index in [1.54, 1.807) is 7.11 Å². The van der Waals surface area contributed by atoms with Crippen molar-refractivity contribution < 1.29 is 14.3 Å². The summed E-state index contributed by atoms with van der Waals surface area (Å²) < 4.78 is 10.8. The fourth-order valence-electron chi connectivity index (χ4n) is 4.22. The largest absolute Gasteiger partial charge is 0.496 e. The Balaban J connectivity index is 1.36. The number of carbonyl (C=O) groups excluding carboxylic acids is 1. The van der Waals surface area contributed by atoms with E-state index in [4.69, 9.17) is 9.47 Å². The van der Waals surface area contributed by atoms with E-state index < -0.39 is 0 Å². The molecule has 0 aliphatic carbocycles. The smallest absolute Gasteiger partial charge is 0.234 e. The third kappa shape index (κ3) is 6.19. The van der Waals surface area contributed by atoms with Crippen LogP contribution in [0.25, 0.3) is 0 Å². The van der Waals surface area contributed by atoms with Crippen molar-refractivity contribution in [1.82, 2.24) is 15.1 Å². The molecule has 2 heterocycles. The van der Waals surface area contributed by atoms with Crippen LogP contribution >= 0.6 is 0 Å². The van der Waals surface area contributed by atoms with Crippen LogP contribution in [0.4, 0.5) is 0 Å². The van der Waals surface area contributed by atoms with Gasteiger partial charge in [-0.15, -0.1) is 0 Å². The van der Waals surface area contributed by atoms with Gasteiger partial charge >= 0.3 is 0 Å². The third-order valence-electron chi connectivity index (χ3n) is 6.01. The predicted molar refractivity (Wildman–Crippen MR) is 111 cm³/mol. The highest BCUT2D eigenvalue weighted by molar-refractivity contribution is 5.78. The van der Waals surface area contributed by atoms with Gasteiger partial charge in [-0.05, 0) is 57.8 Å². The fourth-order valence-corrected chi connectivity index (χ4v) is 4.22. The predicted octanol–water partition coefficient (Wildman–Crippen LogP) is 2.31. The third-order valence-corrected chi connectivity index (χ3v) is 6.01. The molecule has 0 saturated carbocycles. The molecule has 6 heteroatoms. The summed E-state index contributed by atoms with van der Waals surface area (Å²) in [5.74, 6) is 1.69. The number of carbonyl (C=O) groups is 1. The lowest BCUT2D eigenvalue weighted by atomic mass is 9.93. The maximum atomic E-state index is 12.5. The summed E-state index contributed by atoms with van der Waals surface area (Å²) in [5, 5.41) is 3.12. The Bertz CT molecular complexity index is 611. The molecule has 0 aromatic heterocycles. The monoisotopic (exact) mass is 389 g/mol. The zero-order chi connectivity index (χ0) is 19.8. The van der Waals surface area contributed by atoms with Gasteiger partial charge in [0.1, 0.15) is 5.75 Å². The maximum Gasteiger partial charge on any atom is 0.234 e. The van der Waals surface area contributed by atoms with Gasteiger partial charge in [-0.3, -0.25) is 14.6 Å². The summed E-state index contributed by atoms with van der Waals surface area (Å²) in [5.41, 5.74) is 1.01. The lowest BCUT2D eigenvalue weighted by Crippen LogP contribution is -2.43. The van der Waals surface area contributed by atoms with Crippen LogP contribution in [0, 0.1) is 5.92 Å². The van der Waals surface area contributed by atoms with Crippen LogP contribution in [0.1, 0.15) is 37.8 Å². The molecule has 28 heavy (non-hydrogen) atoms. The molecule has 6 nitrogen and oxygen atoms in total. The SMILES string of the molecule is COc1ccccc1C(C)NC(=O)CN1CCC(CCN2CCOCC2)CC1. The van der Waals surface area contributed by atoms with Crippen LogP contribution in [0.2, 0.25) is 0 Å². The quantitative estimate of drug-likeness (QED) is 0.739. The van der Waals surface area contributed by atoms with E-state index in [2.05, 4.69) is 15.1 Å². The number of methoxy groups -OCH3 is 1. The number of nitrogens with zero attached hydrogens (tertiary/aromatic N) is 2. The Morgan fingerprint density at radius 2 is 1.89 bits per heavy atom.